The largest absolute Gasteiger partial charge is 0.364 e. The molecule has 0 saturated carbocycles. The third kappa shape index (κ3) is 3.53. The molecule has 3 rings (SSSR count). The maximum absolute atomic E-state index is 13.1. The highest BCUT2D eigenvalue weighted by molar-refractivity contribution is 5.86. The molecular formula is C23H29FN2. The van der Waals surface area contributed by atoms with Gasteiger partial charge in [-0.15, -0.1) is 0 Å². The first-order valence-corrected chi connectivity index (χ1v) is 9.42. The lowest BCUT2D eigenvalue weighted by Gasteiger charge is -2.50. The van der Waals surface area contributed by atoms with E-state index in [1.165, 1.54) is 28.9 Å². The molecule has 1 atom stereocenters. The average Bonchev–Trinajstić information content (AvgIpc) is 2.53. The van der Waals surface area contributed by atoms with E-state index in [0.29, 0.717) is 12.0 Å². The Morgan fingerprint density at radius 2 is 1.85 bits per heavy atom. The first-order valence-electron chi connectivity index (χ1n) is 9.42. The molecule has 0 unspecified atom stereocenters. The number of hydrogen-bond acceptors (Lipinski definition) is 2. The number of nitrogens with zero attached hydrogens (tertiary/aromatic N) is 2. The van der Waals surface area contributed by atoms with Crippen LogP contribution in [0.25, 0.3) is 0 Å². The molecule has 0 N–H and O–H groups in total. The maximum atomic E-state index is 13.1. The highest BCUT2D eigenvalue weighted by Crippen LogP contribution is 2.45. The van der Waals surface area contributed by atoms with Gasteiger partial charge in [0.15, 0.2) is 0 Å². The Hall–Kier alpha value is -2.16. The van der Waals surface area contributed by atoms with Crippen LogP contribution in [0.4, 0.5) is 15.8 Å². The predicted octanol–water partition coefficient (Wildman–Crippen LogP) is 6.39. The van der Waals surface area contributed by atoms with Crippen molar-refractivity contribution in [1.29, 1.82) is 0 Å². The van der Waals surface area contributed by atoms with Gasteiger partial charge in [0.2, 0.25) is 0 Å². The summed E-state index contributed by atoms with van der Waals surface area (Å²) < 4.78 is 13.1. The molecule has 1 aliphatic rings. The van der Waals surface area contributed by atoms with Gasteiger partial charge in [-0.2, -0.15) is 0 Å². The van der Waals surface area contributed by atoms with E-state index in [4.69, 9.17) is 0 Å². The van der Waals surface area contributed by atoms with Gasteiger partial charge in [-0.05, 0) is 100 Å². The summed E-state index contributed by atoms with van der Waals surface area (Å²) in [5.74, 6) is 0.271. The van der Waals surface area contributed by atoms with Gasteiger partial charge in [0, 0.05) is 23.5 Å². The SMILES string of the molecule is Cc1cc2c(cc1C=Nc1ccc(F)cc1)[C@H](C)CC(C)(C)N2C(C)C. The number of fused-ring (bicyclic) bond motifs is 1. The van der Waals surface area contributed by atoms with Crippen LogP contribution in [0.3, 0.4) is 0 Å². The van der Waals surface area contributed by atoms with Crippen molar-refractivity contribution in [3.8, 4) is 0 Å². The number of aliphatic imine (C=N–C) groups is 1. The molecule has 0 fully saturated rings. The third-order valence-electron chi connectivity index (χ3n) is 5.36. The van der Waals surface area contributed by atoms with Gasteiger partial charge in [-0.3, -0.25) is 4.99 Å². The highest BCUT2D eigenvalue weighted by atomic mass is 19.1. The fourth-order valence-corrected chi connectivity index (χ4v) is 4.40. The fraction of sp³-hybridized carbons (Fsp3) is 0.435. The van der Waals surface area contributed by atoms with Crippen LogP contribution in [-0.2, 0) is 0 Å². The molecular weight excluding hydrogens is 323 g/mol. The van der Waals surface area contributed by atoms with Crippen LogP contribution >= 0.6 is 0 Å². The van der Waals surface area contributed by atoms with Crippen molar-refractivity contribution in [2.45, 2.75) is 65.5 Å². The van der Waals surface area contributed by atoms with E-state index in [1.54, 1.807) is 12.1 Å². The summed E-state index contributed by atoms with van der Waals surface area (Å²) in [5.41, 5.74) is 6.00. The second kappa shape index (κ2) is 6.86. The monoisotopic (exact) mass is 352 g/mol. The van der Waals surface area contributed by atoms with Gasteiger partial charge >= 0.3 is 0 Å². The molecule has 0 saturated heterocycles. The van der Waals surface area contributed by atoms with Gasteiger partial charge < -0.3 is 4.90 Å². The number of hydrogen-bond donors (Lipinski definition) is 0. The summed E-state index contributed by atoms with van der Waals surface area (Å²) in [6.07, 6.45) is 3.03. The van der Waals surface area contributed by atoms with Crippen molar-refractivity contribution in [2.75, 3.05) is 4.90 Å². The van der Waals surface area contributed by atoms with E-state index in [1.807, 2.05) is 6.21 Å². The minimum atomic E-state index is -0.237. The first kappa shape index (κ1) is 18.6. The number of rotatable bonds is 3. The number of aryl methyl sites for hydroxylation is 1. The minimum absolute atomic E-state index is 0.150. The van der Waals surface area contributed by atoms with Crippen molar-refractivity contribution >= 4 is 17.6 Å². The van der Waals surface area contributed by atoms with Gasteiger partial charge in [0.05, 0.1) is 5.69 Å². The number of anilines is 1. The van der Waals surface area contributed by atoms with E-state index < -0.39 is 0 Å². The molecule has 2 nitrogen and oxygen atoms in total. The van der Waals surface area contributed by atoms with Crippen LogP contribution in [0.15, 0.2) is 41.4 Å². The molecule has 0 bridgehead atoms. The quantitative estimate of drug-likeness (QED) is 0.585. The number of halogens is 1. The van der Waals surface area contributed by atoms with Gasteiger partial charge in [0.1, 0.15) is 5.82 Å². The zero-order chi connectivity index (χ0) is 19.1. The van der Waals surface area contributed by atoms with Gasteiger partial charge in [-0.1, -0.05) is 6.92 Å². The summed E-state index contributed by atoms with van der Waals surface area (Å²) in [7, 11) is 0. The van der Waals surface area contributed by atoms with Crippen LogP contribution in [0.2, 0.25) is 0 Å². The lowest BCUT2D eigenvalue weighted by molar-refractivity contribution is 0.356. The molecule has 138 valence electrons. The lowest BCUT2D eigenvalue weighted by Crippen LogP contribution is -2.51. The Labute approximate surface area is 156 Å². The molecule has 2 aromatic rings. The summed E-state index contributed by atoms with van der Waals surface area (Å²) in [6.45, 7) is 13.7. The summed E-state index contributed by atoms with van der Waals surface area (Å²) in [5, 5.41) is 0. The second-order valence-corrected chi connectivity index (χ2v) is 8.38. The van der Waals surface area contributed by atoms with E-state index in [0.717, 1.165) is 17.7 Å². The average molecular weight is 352 g/mol. The van der Waals surface area contributed by atoms with Crippen LogP contribution in [0.5, 0.6) is 0 Å². The Kier molecular flexibility index (Phi) is 4.92. The summed E-state index contributed by atoms with van der Waals surface area (Å²) in [4.78, 5) is 7.08. The Morgan fingerprint density at radius 3 is 2.46 bits per heavy atom. The Bertz CT molecular complexity index is 819. The van der Waals surface area contributed by atoms with Crippen molar-refractivity contribution in [3.05, 3.63) is 58.9 Å². The molecule has 0 radical (unpaired) electrons. The second-order valence-electron chi connectivity index (χ2n) is 8.38. The molecule has 0 amide bonds. The first-order chi connectivity index (χ1) is 12.2. The van der Waals surface area contributed by atoms with E-state index in [2.05, 4.69) is 63.6 Å². The fourth-order valence-electron chi connectivity index (χ4n) is 4.40. The van der Waals surface area contributed by atoms with Crippen LogP contribution < -0.4 is 4.90 Å². The predicted molar refractivity (Wildman–Crippen MR) is 110 cm³/mol. The lowest BCUT2D eigenvalue weighted by atomic mass is 9.78. The maximum Gasteiger partial charge on any atom is 0.123 e. The van der Waals surface area contributed by atoms with Gasteiger partial charge in [-0.25, -0.2) is 4.39 Å². The highest BCUT2D eigenvalue weighted by Gasteiger charge is 2.37. The zero-order valence-corrected chi connectivity index (χ0v) is 16.7. The smallest absolute Gasteiger partial charge is 0.123 e. The van der Waals surface area contributed by atoms with Crippen LogP contribution in [-0.4, -0.2) is 17.8 Å². The number of benzene rings is 2. The summed E-state index contributed by atoms with van der Waals surface area (Å²) in [6, 6.07) is 11.3. The molecule has 3 heteroatoms. The molecule has 0 aliphatic carbocycles. The van der Waals surface area contributed by atoms with Crippen LogP contribution in [0, 0.1) is 12.7 Å². The van der Waals surface area contributed by atoms with E-state index in [9.17, 15) is 4.39 Å². The normalized spacial score (nSPS) is 19.2. The van der Waals surface area contributed by atoms with Crippen molar-refractivity contribution in [2.24, 2.45) is 4.99 Å². The molecule has 1 heterocycles. The van der Waals surface area contributed by atoms with Crippen molar-refractivity contribution < 1.29 is 4.39 Å². The van der Waals surface area contributed by atoms with E-state index >= 15 is 0 Å². The van der Waals surface area contributed by atoms with Gasteiger partial charge in [0.25, 0.3) is 0 Å². The van der Waals surface area contributed by atoms with Crippen molar-refractivity contribution in [3.63, 3.8) is 0 Å². The van der Waals surface area contributed by atoms with Crippen molar-refractivity contribution in [1.82, 2.24) is 0 Å². The molecule has 2 aromatic carbocycles. The molecule has 0 aromatic heterocycles. The molecule has 26 heavy (non-hydrogen) atoms. The standard InChI is InChI=1S/C23H29FN2/c1-15(2)26-22-11-16(3)18(12-21(22)17(4)13-23(26,5)6)14-25-20-9-7-19(24)8-10-20/h7-12,14-15,17H,13H2,1-6H3/t17-/m1/s1. The Balaban J connectivity index is 2.01. The Morgan fingerprint density at radius 1 is 1.19 bits per heavy atom. The molecule has 1 aliphatic heterocycles. The van der Waals surface area contributed by atoms with Crippen LogP contribution in [0.1, 0.15) is 63.6 Å². The van der Waals surface area contributed by atoms with E-state index in [-0.39, 0.29) is 11.4 Å². The summed E-state index contributed by atoms with van der Waals surface area (Å²) >= 11 is 0. The topological polar surface area (TPSA) is 15.6 Å². The zero-order valence-electron chi connectivity index (χ0n) is 16.7. The molecule has 0 spiro atoms. The minimum Gasteiger partial charge on any atom is -0.364 e. The third-order valence-corrected chi connectivity index (χ3v) is 5.36.